The minimum atomic E-state index is 0. The summed E-state index contributed by atoms with van der Waals surface area (Å²) in [7, 11) is 0. The van der Waals surface area contributed by atoms with Crippen molar-refractivity contribution in [2.75, 3.05) is 19.6 Å². The van der Waals surface area contributed by atoms with Gasteiger partial charge in [-0.25, -0.2) is 4.98 Å². The molecule has 0 aromatic carbocycles. The van der Waals surface area contributed by atoms with E-state index in [0.717, 1.165) is 31.2 Å². The van der Waals surface area contributed by atoms with Crippen LogP contribution in [0.2, 0.25) is 0 Å². The molecule has 116 valence electrons. The van der Waals surface area contributed by atoms with Crippen molar-refractivity contribution in [3.63, 3.8) is 0 Å². The molecule has 1 aliphatic rings. The molecule has 0 aliphatic carbocycles. The average molecular weight is 344 g/mol. The summed E-state index contributed by atoms with van der Waals surface area (Å²) in [6.07, 6.45) is 2.47. The molecule has 0 radical (unpaired) electrons. The molecule has 3 heterocycles. The Hall–Kier alpha value is -0.460. The lowest BCUT2D eigenvalue weighted by molar-refractivity contribution is 0.197. The van der Waals surface area contributed by atoms with E-state index in [4.69, 9.17) is 4.98 Å². The van der Waals surface area contributed by atoms with Crippen molar-refractivity contribution < 1.29 is 0 Å². The third-order valence-electron chi connectivity index (χ3n) is 3.75. The van der Waals surface area contributed by atoms with Crippen LogP contribution in [-0.2, 0) is 6.54 Å². The van der Waals surface area contributed by atoms with Crippen LogP contribution in [0.1, 0.15) is 25.5 Å². The predicted octanol–water partition coefficient (Wildman–Crippen LogP) is 3.87. The van der Waals surface area contributed by atoms with Gasteiger partial charge in [0.05, 0.1) is 5.69 Å². The van der Waals surface area contributed by atoms with Gasteiger partial charge in [0, 0.05) is 35.5 Å². The Morgan fingerprint density at radius 1 is 1.43 bits per heavy atom. The van der Waals surface area contributed by atoms with Crippen molar-refractivity contribution in [3.05, 3.63) is 27.9 Å². The number of thiazole rings is 1. The molecule has 0 amide bonds. The number of hydrogen-bond donors (Lipinski definition) is 1. The number of nitrogens with one attached hydrogen (secondary N) is 1. The Morgan fingerprint density at radius 2 is 2.33 bits per heavy atom. The molecule has 0 saturated carbocycles. The van der Waals surface area contributed by atoms with E-state index >= 15 is 0 Å². The summed E-state index contributed by atoms with van der Waals surface area (Å²) in [5, 5.41) is 11.1. The zero-order valence-electron chi connectivity index (χ0n) is 12.2. The van der Waals surface area contributed by atoms with Crippen molar-refractivity contribution in [2.45, 2.75) is 32.4 Å². The van der Waals surface area contributed by atoms with Crippen LogP contribution in [-0.4, -0.2) is 35.6 Å². The highest BCUT2D eigenvalue weighted by molar-refractivity contribution is 7.14. The van der Waals surface area contributed by atoms with E-state index in [1.807, 2.05) is 0 Å². The first-order chi connectivity index (χ1) is 9.86. The highest BCUT2D eigenvalue weighted by Gasteiger charge is 2.22. The van der Waals surface area contributed by atoms with Gasteiger partial charge in [0.2, 0.25) is 0 Å². The third-order valence-corrected chi connectivity index (χ3v) is 5.37. The summed E-state index contributed by atoms with van der Waals surface area (Å²) in [5.41, 5.74) is 2.48. The van der Waals surface area contributed by atoms with Gasteiger partial charge in [-0.2, -0.15) is 11.3 Å². The Kier molecular flexibility index (Phi) is 6.64. The molecule has 1 aliphatic heterocycles. The van der Waals surface area contributed by atoms with E-state index in [9.17, 15) is 0 Å². The highest BCUT2D eigenvalue weighted by atomic mass is 35.5. The second kappa shape index (κ2) is 8.25. The molecule has 0 bridgehead atoms. The molecule has 2 aromatic heterocycles. The molecule has 1 fully saturated rings. The Bertz CT molecular complexity index is 521. The number of rotatable bonds is 6. The second-order valence-corrected chi connectivity index (χ2v) is 6.91. The number of nitrogens with zero attached hydrogens (tertiary/aromatic N) is 2. The van der Waals surface area contributed by atoms with Crippen LogP contribution >= 0.6 is 35.1 Å². The first kappa shape index (κ1) is 16.9. The maximum absolute atomic E-state index is 4.81. The van der Waals surface area contributed by atoms with Crippen LogP contribution in [0.5, 0.6) is 0 Å². The van der Waals surface area contributed by atoms with Crippen LogP contribution in [0, 0.1) is 0 Å². The SMILES string of the molecule is CCCN(Cc1csc(-c2ccsc2)n1)C1CCNC1.Cl. The summed E-state index contributed by atoms with van der Waals surface area (Å²) in [4.78, 5) is 7.40. The summed E-state index contributed by atoms with van der Waals surface area (Å²) < 4.78 is 0. The molecule has 3 nitrogen and oxygen atoms in total. The molecule has 1 N–H and O–H groups in total. The number of aromatic nitrogens is 1. The number of thiophene rings is 1. The maximum Gasteiger partial charge on any atom is 0.124 e. The Balaban J connectivity index is 0.00000161. The molecule has 2 aromatic rings. The average Bonchev–Trinajstić information content (AvgIpc) is 3.20. The topological polar surface area (TPSA) is 28.2 Å². The minimum Gasteiger partial charge on any atom is -0.315 e. The fourth-order valence-corrected chi connectivity index (χ4v) is 4.26. The Morgan fingerprint density at radius 3 is 3.00 bits per heavy atom. The summed E-state index contributed by atoms with van der Waals surface area (Å²) in [6, 6.07) is 2.83. The molecule has 1 atom stereocenters. The van der Waals surface area contributed by atoms with E-state index in [1.165, 1.54) is 24.1 Å². The Labute approximate surface area is 140 Å². The zero-order valence-corrected chi connectivity index (χ0v) is 14.7. The van der Waals surface area contributed by atoms with Gasteiger partial charge in [-0.3, -0.25) is 4.90 Å². The van der Waals surface area contributed by atoms with Gasteiger partial charge in [-0.15, -0.1) is 23.7 Å². The fourth-order valence-electron chi connectivity index (χ4n) is 2.74. The summed E-state index contributed by atoms with van der Waals surface area (Å²) in [5.74, 6) is 0. The smallest absolute Gasteiger partial charge is 0.124 e. The summed E-state index contributed by atoms with van der Waals surface area (Å²) in [6.45, 7) is 6.69. The minimum absolute atomic E-state index is 0. The molecule has 21 heavy (non-hydrogen) atoms. The lowest BCUT2D eigenvalue weighted by atomic mass is 10.2. The third kappa shape index (κ3) is 4.27. The van der Waals surface area contributed by atoms with Gasteiger partial charge in [-0.05, 0) is 37.4 Å². The van der Waals surface area contributed by atoms with Crippen molar-refractivity contribution >= 4 is 35.1 Å². The summed E-state index contributed by atoms with van der Waals surface area (Å²) >= 11 is 3.50. The zero-order chi connectivity index (χ0) is 13.8. The predicted molar refractivity (Wildman–Crippen MR) is 94.7 cm³/mol. The quantitative estimate of drug-likeness (QED) is 0.863. The molecular formula is C15H22ClN3S2. The number of hydrogen-bond acceptors (Lipinski definition) is 5. The first-order valence-electron chi connectivity index (χ1n) is 7.28. The van der Waals surface area contributed by atoms with Crippen LogP contribution in [0.3, 0.4) is 0 Å². The van der Waals surface area contributed by atoms with E-state index in [-0.39, 0.29) is 12.4 Å². The van der Waals surface area contributed by atoms with Crippen LogP contribution in [0.4, 0.5) is 0 Å². The lowest BCUT2D eigenvalue weighted by Crippen LogP contribution is -2.37. The second-order valence-electron chi connectivity index (χ2n) is 5.27. The molecule has 0 spiro atoms. The molecule has 6 heteroatoms. The van der Waals surface area contributed by atoms with Crippen LogP contribution in [0.25, 0.3) is 10.6 Å². The van der Waals surface area contributed by atoms with Crippen molar-refractivity contribution in [2.24, 2.45) is 0 Å². The highest BCUT2D eigenvalue weighted by Crippen LogP contribution is 2.26. The van der Waals surface area contributed by atoms with Gasteiger partial charge >= 0.3 is 0 Å². The van der Waals surface area contributed by atoms with Crippen LogP contribution < -0.4 is 5.32 Å². The largest absolute Gasteiger partial charge is 0.315 e. The number of halogens is 1. The molecule has 3 rings (SSSR count). The first-order valence-corrected chi connectivity index (χ1v) is 9.11. The van der Waals surface area contributed by atoms with Crippen molar-refractivity contribution in [1.82, 2.24) is 15.2 Å². The standard InChI is InChI=1S/C15H21N3S2.ClH/c1-2-6-18(14-3-5-16-8-14)9-13-11-20-15(17-13)12-4-7-19-10-12;/h4,7,10-11,14,16H,2-3,5-6,8-9H2,1H3;1H. The van der Waals surface area contributed by atoms with Crippen molar-refractivity contribution in [3.8, 4) is 10.6 Å². The fraction of sp³-hybridized carbons (Fsp3) is 0.533. The van der Waals surface area contributed by atoms with Gasteiger partial charge < -0.3 is 5.32 Å². The molecular weight excluding hydrogens is 322 g/mol. The van der Waals surface area contributed by atoms with E-state index in [0.29, 0.717) is 6.04 Å². The monoisotopic (exact) mass is 343 g/mol. The van der Waals surface area contributed by atoms with Crippen LogP contribution in [0.15, 0.2) is 22.2 Å². The van der Waals surface area contributed by atoms with Crippen molar-refractivity contribution in [1.29, 1.82) is 0 Å². The molecule has 1 saturated heterocycles. The van der Waals surface area contributed by atoms with E-state index < -0.39 is 0 Å². The van der Waals surface area contributed by atoms with Gasteiger partial charge in [0.25, 0.3) is 0 Å². The van der Waals surface area contributed by atoms with Gasteiger partial charge in [-0.1, -0.05) is 6.92 Å². The normalized spacial score (nSPS) is 18.1. The van der Waals surface area contributed by atoms with Gasteiger partial charge in [0.15, 0.2) is 0 Å². The molecule has 1 unspecified atom stereocenters. The maximum atomic E-state index is 4.81. The van der Waals surface area contributed by atoms with Gasteiger partial charge in [0.1, 0.15) is 5.01 Å². The van der Waals surface area contributed by atoms with E-state index in [2.05, 4.69) is 39.3 Å². The lowest BCUT2D eigenvalue weighted by Gasteiger charge is -2.27. The van der Waals surface area contributed by atoms with E-state index in [1.54, 1.807) is 22.7 Å².